The minimum Gasteiger partial charge on any atom is -0.744 e. The highest BCUT2D eigenvalue weighted by Gasteiger charge is 2.41. The highest BCUT2D eigenvalue weighted by atomic mass is 32.2. The van der Waals surface area contributed by atoms with Gasteiger partial charge in [0.2, 0.25) is 11.6 Å². The fourth-order valence-corrected chi connectivity index (χ4v) is 10.2. The number of amides is 1. The molecule has 4 atom stereocenters. The van der Waals surface area contributed by atoms with Gasteiger partial charge in [-0.15, -0.1) is 0 Å². The number of pyridine rings is 1. The number of aromatic amines is 1. The summed E-state index contributed by atoms with van der Waals surface area (Å²) in [6.07, 6.45) is 5.20. The van der Waals surface area contributed by atoms with E-state index in [9.17, 15) is 55.6 Å². The van der Waals surface area contributed by atoms with Crippen LogP contribution in [0.4, 0.5) is 5.69 Å². The quantitative estimate of drug-likeness (QED) is 0.0174. The lowest BCUT2D eigenvalue weighted by atomic mass is 10.1. The highest BCUT2D eigenvalue weighted by Crippen LogP contribution is 2.66. The number of hydrogen-bond acceptors (Lipinski definition) is 16. The molecule has 4 aromatic rings. The molecule has 1 aromatic carbocycles. The lowest BCUT2D eigenvalue weighted by Crippen LogP contribution is -2.37. The first-order valence-corrected chi connectivity index (χ1v) is 25.9. The molecule has 1 fully saturated rings. The molecule has 358 valence electrons. The van der Waals surface area contributed by atoms with Crippen molar-refractivity contribution in [2.24, 2.45) is 0 Å². The lowest BCUT2D eigenvalue weighted by Gasteiger charge is -2.20. The first-order valence-electron chi connectivity index (χ1n) is 20.0. The summed E-state index contributed by atoms with van der Waals surface area (Å²) in [6, 6.07) is 9.92. The van der Waals surface area contributed by atoms with E-state index in [4.69, 9.17) is 18.9 Å². The SMILES string of the molecule is CCN(CC)c1ccc2cc(/C=C/c3ccc(S(=O)(=O)[O-])c[n+]3CCCCCC(=O)NCC#Cc3cn([C@H]4CC[C@@H](COP(=O)(O)OP(=O)(O)OP(=O)(O)O)O4)c(=O)[nH]c3=O)c(=O)oc2c1. The van der Waals surface area contributed by atoms with Crippen LogP contribution in [0.5, 0.6) is 0 Å². The van der Waals surface area contributed by atoms with E-state index in [-0.39, 0.29) is 49.4 Å². The van der Waals surface area contributed by atoms with Gasteiger partial charge in [0.15, 0.2) is 6.20 Å². The molecule has 6 N–H and O–H groups in total. The van der Waals surface area contributed by atoms with Crippen LogP contribution in [0.3, 0.4) is 0 Å². The van der Waals surface area contributed by atoms with Crippen molar-refractivity contribution in [1.82, 2.24) is 14.9 Å². The number of anilines is 1. The number of benzene rings is 1. The molecule has 1 saturated heterocycles. The normalized spacial score (nSPS) is 17.3. The van der Waals surface area contributed by atoms with Crippen LogP contribution in [0.2, 0.25) is 0 Å². The largest absolute Gasteiger partial charge is 0.744 e. The molecular formula is C38H46N5O19P3S. The number of nitrogens with zero attached hydrogens (tertiary/aromatic N) is 3. The molecule has 1 aliphatic heterocycles. The molecule has 1 aliphatic rings. The number of nitrogens with one attached hydrogen (secondary N) is 2. The zero-order chi connectivity index (χ0) is 48.5. The van der Waals surface area contributed by atoms with E-state index < -0.39 is 74.3 Å². The number of ether oxygens (including phenoxy) is 1. The van der Waals surface area contributed by atoms with E-state index in [1.165, 1.54) is 18.3 Å². The zero-order valence-electron chi connectivity index (χ0n) is 35.2. The van der Waals surface area contributed by atoms with Gasteiger partial charge in [0.05, 0.1) is 24.8 Å². The Bertz CT molecular complexity index is 2970. The number of carbonyl (C=O) groups is 1. The summed E-state index contributed by atoms with van der Waals surface area (Å²) in [5, 5.41) is 3.30. The van der Waals surface area contributed by atoms with Crippen molar-refractivity contribution in [3.8, 4) is 11.8 Å². The average molecular weight is 1000 g/mol. The Labute approximate surface area is 376 Å². The van der Waals surface area contributed by atoms with E-state index in [1.807, 2.05) is 32.0 Å². The minimum absolute atomic E-state index is 0.0932. The van der Waals surface area contributed by atoms with Gasteiger partial charge < -0.3 is 43.5 Å². The number of hydrogen-bond donors (Lipinski definition) is 6. The Kier molecular flexibility index (Phi) is 17.6. The van der Waals surface area contributed by atoms with Crippen molar-refractivity contribution in [3.05, 3.63) is 96.9 Å². The van der Waals surface area contributed by atoms with Crippen LogP contribution >= 0.6 is 23.5 Å². The van der Waals surface area contributed by atoms with E-state index in [1.54, 1.807) is 22.8 Å². The maximum Gasteiger partial charge on any atom is 0.490 e. The third kappa shape index (κ3) is 15.3. The van der Waals surface area contributed by atoms with Gasteiger partial charge in [-0.05, 0) is 69.9 Å². The molecule has 3 aromatic heterocycles. The third-order valence-electron chi connectivity index (χ3n) is 9.73. The average Bonchev–Trinajstić information content (AvgIpc) is 3.69. The summed E-state index contributed by atoms with van der Waals surface area (Å²) in [5.74, 6) is 4.81. The summed E-state index contributed by atoms with van der Waals surface area (Å²) < 4.78 is 95.5. The number of H-pyrrole nitrogens is 1. The van der Waals surface area contributed by atoms with Crippen LogP contribution in [0.25, 0.3) is 23.1 Å². The number of fused-ring (bicyclic) bond motifs is 1. The Hall–Kier alpha value is -4.89. The summed E-state index contributed by atoms with van der Waals surface area (Å²) in [4.78, 5) is 90.5. The van der Waals surface area contributed by atoms with Gasteiger partial charge in [0.1, 0.15) is 38.9 Å². The Morgan fingerprint density at radius 3 is 2.45 bits per heavy atom. The molecule has 0 radical (unpaired) electrons. The maximum absolute atomic E-state index is 12.9. The van der Waals surface area contributed by atoms with Crippen LogP contribution in [-0.2, 0) is 53.0 Å². The molecule has 2 unspecified atom stereocenters. The van der Waals surface area contributed by atoms with E-state index in [2.05, 4.69) is 40.2 Å². The lowest BCUT2D eigenvalue weighted by molar-refractivity contribution is -0.700. The number of phosphoric ester groups is 1. The molecule has 0 aliphatic carbocycles. The first-order chi connectivity index (χ1) is 31.0. The fourth-order valence-electron chi connectivity index (χ4n) is 6.62. The van der Waals surface area contributed by atoms with Crippen molar-refractivity contribution in [3.63, 3.8) is 0 Å². The highest BCUT2D eigenvalue weighted by molar-refractivity contribution is 7.85. The van der Waals surface area contributed by atoms with Crippen molar-refractivity contribution in [1.29, 1.82) is 0 Å². The van der Waals surface area contributed by atoms with Crippen molar-refractivity contribution >= 4 is 68.3 Å². The van der Waals surface area contributed by atoms with Gasteiger partial charge in [-0.2, -0.15) is 13.2 Å². The monoisotopic (exact) mass is 1000 g/mol. The van der Waals surface area contributed by atoms with Gasteiger partial charge in [-0.3, -0.25) is 23.7 Å². The predicted molar refractivity (Wildman–Crippen MR) is 232 cm³/mol. The van der Waals surface area contributed by atoms with Crippen LogP contribution in [0.15, 0.2) is 72.5 Å². The number of carbonyl (C=O) groups excluding carboxylic acids is 1. The van der Waals surface area contributed by atoms with Gasteiger partial charge in [-0.1, -0.05) is 11.8 Å². The zero-order valence-corrected chi connectivity index (χ0v) is 38.7. The topological polar surface area (TPSA) is 348 Å². The third-order valence-corrected chi connectivity index (χ3v) is 14.4. The molecule has 0 saturated carbocycles. The predicted octanol–water partition coefficient (Wildman–Crippen LogP) is 2.60. The molecule has 24 nitrogen and oxygen atoms in total. The van der Waals surface area contributed by atoms with Gasteiger partial charge in [-0.25, -0.2) is 31.7 Å². The second kappa shape index (κ2) is 22.3. The number of aryl methyl sites for hydroxylation is 1. The van der Waals surface area contributed by atoms with Crippen LogP contribution in [0, 0.1) is 11.8 Å². The van der Waals surface area contributed by atoms with E-state index in [0.717, 1.165) is 29.5 Å². The molecule has 1 amide bonds. The van der Waals surface area contributed by atoms with Gasteiger partial charge in [0, 0.05) is 61.4 Å². The Morgan fingerprint density at radius 1 is 1.02 bits per heavy atom. The van der Waals surface area contributed by atoms with Crippen LogP contribution < -0.4 is 31.7 Å². The molecule has 66 heavy (non-hydrogen) atoms. The van der Waals surface area contributed by atoms with E-state index in [0.29, 0.717) is 35.9 Å². The standard InChI is InChI=1S/C38H46N5O19P3S/c1-3-41(4-2)30-14-11-26-21-27(37(46)60-33(26)22-30)12-13-29-15-17-32(66(55,56)57)24-42(29)20-7-5-6-10-34(44)39-19-8-9-28-23-43(38(47)40-36(28)45)35-18-16-31(59-35)25-58-64(51,52)62-65(53,54)61-63(48,49)50/h11-15,17,21-24,31,35H,3-7,10,16,18-20,25H2,1-2H3,(H6-,39,40,44,45,47,48,49,50,51,52,53,54,55,56,57)/t31-,35+/m0/s1. The molecule has 5 rings (SSSR count). The number of aromatic nitrogens is 3. The van der Waals surface area contributed by atoms with Gasteiger partial charge >= 0.3 is 34.8 Å². The van der Waals surface area contributed by atoms with Crippen LogP contribution in [-0.4, -0.2) is 80.3 Å². The summed E-state index contributed by atoms with van der Waals surface area (Å²) in [6.45, 7) is 4.97. The number of unbranched alkanes of at least 4 members (excludes halogenated alkanes) is 2. The Morgan fingerprint density at radius 2 is 1.76 bits per heavy atom. The van der Waals surface area contributed by atoms with Crippen molar-refractivity contribution < 1.29 is 77.9 Å². The molecule has 28 heteroatoms. The van der Waals surface area contributed by atoms with Gasteiger partial charge in [0.25, 0.3) is 5.56 Å². The molecule has 4 heterocycles. The molecular weight excluding hydrogens is 955 g/mol. The van der Waals surface area contributed by atoms with Crippen molar-refractivity contribution in [2.45, 2.75) is 76.1 Å². The number of rotatable bonds is 21. The molecule has 0 spiro atoms. The smallest absolute Gasteiger partial charge is 0.490 e. The Balaban J connectivity index is 1.11. The maximum atomic E-state index is 12.9. The second-order valence-corrected chi connectivity index (χ2v) is 20.2. The van der Waals surface area contributed by atoms with Crippen LogP contribution in [0.1, 0.15) is 75.4 Å². The summed E-state index contributed by atoms with van der Waals surface area (Å²) >= 11 is 0. The first kappa shape index (κ1) is 52.1. The summed E-state index contributed by atoms with van der Waals surface area (Å²) in [5.41, 5.74) is -0.357. The van der Waals surface area contributed by atoms with Crippen molar-refractivity contribution in [2.75, 3.05) is 31.1 Å². The van der Waals surface area contributed by atoms with E-state index >= 15 is 0 Å². The minimum atomic E-state index is -5.72. The second-order valence-electron chi connectivity index (χ2n) is 14.4. The molecule has 0 bridgehead atoms. The fraction of sp³-hybridized carbons (Fsp3) is 0.395. The number of phosphoric acid groups is 3. The summed E-state index contributed by atoms with van der Waals surface area (Å²) in [7, 11) is -21.5.